The van der Waals surface area contributed by atoms with E-state index in [-0.39, 0.29) is 12.3 Å². The minimum absolute atomic E-state index is 0.138. The minimum Gasteiger partial charge on any atom is -0.493 e. The Balaban J connectivity index is 1.37. The van der Waals surface area contributed by atoms with Crippen LogP contribution in [0.4, 0.5) is 17.1 Å². The van der Waals surface area contributed by atoms with E-state index >= 15 is 0 Å². The molecule has 0 radical (unpaired) electrons. The van der Waals surface area contributed by atoms with E-state index in [1.807, 2.05) is 66.7 Å². The summed E-state index contributed by atoms with van der Waals surface area (Å²) in [6.07, 6.45) is 1.00. The monoisotopic (exact) mass is 490 g/mol. The molecule has 0 atom stereocenters. The molecule has 34 heavy (non-hydrogen) atoms. The van der Waals surface area contributed by atoms with Gasteiger partial charge in [-0.15, -0.1) is 0 Å². The maximum Gasteiger partial charge on any atom is 0.228 e. The molecule has 0 unspecified atom stereocenters. The highest BCUT2D eigenvalue weighted by Crippen LogP contribution is 2.33. The molecule has 0 heterocycles. The first-order valence-corrected chi connectivity index (χ1v) is 11.7. The Bertz CT molecular complexity index is 1240. The van der Waals surface area contributed by atoms with Gasteiger partial charge in [0.2, 0.25) is 5.91 Å². The van der Waals surface area contributed by atoms with Crippen LogP contribution in [-0.2, 0) is 17.6 Å². The predicted molar refractivity (Wildman–Crippen MR) is 141 cm³/mol. The fourth-order valence-corrected chi connectivity index (χ4v) is 4.01. The van der Waals surface area contributed by atoms with E-state index in [0.717, 1.165) is 17.7 Å². The standard InChI is InChI=1S/C28H24Cl2N2O2/c29-24-13-7-14-25(30)28(24)32-26-15-5-4-10-21(26)18-27(33)31-22-11-6-12-23(19-22)34-17-16-20-8-2-1-3-9-20/h1-15,19,32H,16-18H2,(H,31,33). The van der Waals surface area contributed by atoms with Crippen LogP contribution in [0.25, 0.3) is 0 Å². The Morgan fingerprint density at radius 1 is 0.794 bits per heavy atom. The van der Waals surface area contributed by atoms with E-state index in [1.165, 1.54) is 5.56 Å². The highest BCUT2D eigenvalue weighted by atomic mass is 35.5. The highest BCUT2D eigenvalue weighted by molar-refractivity contribution is 6.39. The summed E-state index contributed by atoms with van der Waals surface area (Å²) in [6.45, 7) is 0.561. The zero-order valence-corrected chi connectivity index (χ0v) is 19.9. The number of rotatable bonds is 9. The maximum absolute atomic E-state index is 12.8. The Morgan fingerprint density at radius 2 is 1.50 bits per heavy atom. The number of halogens is 2. The summed E-state index contributed by atoms with van der Waals surface area (Å²) in [5.41, 5.74) is 4.11. The molecule has 4 aromatic carbocycles. The maximum atomic E-state index is 12.8. The van der Waals surface area contributed by atoms with Crippen LogP contribution in [0, 0.1) is 0 Å². The van der Waals surface area contributed by atoms with Gasteiger partial charge in [-0.2, -0.15) is 0 Å². The van der Waals surface area contributed by atoms with Crippen LogP contribution in [-0.4, -0.2) is 12.5 Å². The Hall–Kier alpha value is -3.47. The third-order valence-corrected chi connectivity index (χ3v) is 5.84. The largest absolute Gasteiger partial charge is 0.493 e. The van der Waals surface area contributed by atoms with Gasteiger partial charge in [-0.05, 0) is 41.5 Å². The molecular weight excluding hydrogens is 467 g/mol. The van der Waals surface area contributed by atoms with Gasteiger partial charge in [-0.3, -0.25) is 4.79 Å². The van der Waals surface area contributed by atoms with Crippen molar-refractivity contribution in [3.8, 4) is 5.75 Å². The zero-order valence-electron chi connectivity index (χ0n) is 18.4. The van der Waals surface area contributed by atoms with Crippen LogP contribution in [0.2, 0.25) is 10.0 Å². The number of benzene rings is 4. The van der Waals surface area contributed by atoms with Gasteiger partial charge in [0.05, 0.1) is 28.8 Å². The smallest absolute Gasteiger partial charge is 0.228 e. The summed E-state index contributed by atoms with van der Waals surface area (Å²) in [6, 6.07) is 30.5. The van der Waals surface area contributed by atoms with Crippen molar-refractivity contribution in [1.29, 1.82) is 0 Å². The van der Waals surface area contributed by atoms with E-state index in [4.69, 9.17) is 27.9 Å². The number of amides is 1. The van der Waals surface area contributed by atoms with Gasteiger partial charge in [-0.1, -0.05) is 83.9 Å². The molecule has 0 aromatic heterocycles. The second-order valence-corrected chi connectivity index (χ2v) is 8.53. The molecule has 6 heteroatoms. The summed E-state index contributed by atoms with van der Waals surface area (Å²) in [5, 5.41) is 7.23. The third-order valence-electron chi connectivity index (χ3n) is 5.21. The Labute approximate surface area is 209 Å². The average molecular weight is 491 g/mol. The minimum atomic E-state index is -0.138. The van der Waals surface area contributed by atoms with E-state index in [2.05, 4.69) is 22.8 Å². The fourth-order valence-electron chi connectivity index (χ4n) is 3.52. The molecule has 0 bridgehead atoms. The van der Waals surface area contributed by atoms with Gasteiger partial charge in [0.25, 0.3) is 0 Å². The predicted octanol–water partition coefficient (Wildman–Crippen LogP) is 7.54. The van der Waals surface area contributed by atoms with Gasteiger partial charge >= 0.3 is 0 Å². The van der Waals surface area contributed by atoms with Crippen molar-refractivity contribution in [2.75, 3.05) is 17.2 Å². The number of carbonyl (C=O) groups is 1. The highest BCUT2D eigenvalue weighted by Gasteiger charge is 2.12. The number of nitrogens with one attached hydrogen (secondary N) is 2. The summed E-state index contributed by atoms with van der Waals surface area (Å²) in [4.78, 5) is 12.8. The molecule has 0 aliphatic heterocycles. The van der Waals surface area contributed by atoms with Crippen molar-refractivity contribution < 1.29 is 9.53 Å². The molecule has 172 valence electrons. The van der Waals surface area contributed by atoms with Gasteiger partial charge in [0.1, 0.15) is 5.75 Å². The van der Waals surface area contributed by atoms with Gasteiger partial charge in [-0.25, -0.2) is 0 Å². The molecule has 4 nitrogen and oxygen atoms in total. The molecule has 0 fully saturated rings. The SMILES string of the molecule is O=C(Cc1ccccc1Nc1c(Cl)cccc1Cl)Nc1cccc(OCCc2ccccc2)c1. The number of anilines is 3. The first-order valence-electron chi connectivity index (χ1n) is 10.9. The van der Waals surface area contributed by atoms with Crippen molar-refractivity contribution in [3.05, 3.63) is 118 Å². The lowest BCUT2D eigenvalue weighted by molar-refractivity contribution is -0.115. The fraction of sp³-hybridized carbons (Fsp3) is 0.107. The van der Waals surface area contributed by atoms with Gasteiger partial charge in [0.15, 0.2) is 0 Å². The Kier molecular flexibility index (Phi) is 8.08. The van der Waals surface area contributed by atoms with E-state index in [9.17, 15) is 4.79 Å². The zero-order chi connectivity index (χ0) is 23.8. The molecule has 0 spiro atoms. The van der Waals surface area contributed by atoms with Gasteiger partial charge in [0, 0.05) is 23.9 Å². The lowest BCUT2D eigenvalue weighted by Gasteiger charge is -2.15. The van der Waals surface area contributed by atoms with Crippen molar-refractivity contribution >= 4 is 46.2 Å². The average Bonchev–Trinajstić information content (AvgIpc) is 2.83. The molecule has 1 amide bonds. The van der Waals surface area contributed by atoms with Crippen LogP contribution in [0.5, 0.6) is 5.75 Å². The van der Waals surface area contributed by atoms with Crippen molar-refractivity contribution in [1.82, 2.24) is 0 Å². The summed E-state index contributed by atoms with van der Waals surface area (Å²) >= 11 is 12.6. The number of carbonyl (C=O) groups excluding carboxylic acids is 1. The molecule has 4 aromatic rings. The lowest BCUT2D eigenvalue weighted by atomic mass is 10.1. The van der Waals surface area contributed by atoms with Crippen LogP contribution in [0.3, 0.4) is 0 Å². The van der Waals surface area contributed by atoms with Crippen LogP contribution >= 0.6 is 23.2 Å². The number of hydrogen-bond acceptors (Lipinski definition) is 3. The third kappa shape index (κ3) is 6.53. The van der Waals surface area contributed by atoms with Crippen molar-refractivity contribution in [2.24, 2.45) is 0 Å². The summed E-state index contributed by atoms with van der Waals surface area (Å²) < 4.78 is 5.87. The van der Waals surface area contributed by atoms with E-state index in [0.29, 0.717) is 33.8 Å². The van der Waals surface area contributed by atoms with Crippen LogP contribution in [0.1, 0.15) is 11.1 Å². The lowest BCUT2D eigenvalue weighted by Crippen LogP contribution is -2.15. The normalized spacial score (nSPS) is 10.5. The molecule has 0 saturated heterocycles. The van der Waals surface area contributed by atoms with E-state index in [1.54, 1.807) is 18.2 Å². The second-order valence-electron chi connectivity index (χ2n) is 7.72. The molecule has 4 rings (SSSR count). The van der Waals surface area contributed by atoms with Crippen molar-refractivity contribution in [3.63, 3.8) is 0 Å². The molecule has 2 N–H and O–H groups in total. The summed E-state index contributed by atoms with van der Waals surface area (Å²) in [5.74, 6) is 0.574. The first-order chi connectivity index (χ1) is 16.6. The van der Waals surface area contributed by atoms with E-state index < -0.39 is 0 Å². The first kappa shape index (κ1) is 23.7. The number of hydrogen-bond donors (Lipinski definition) is 2. The number of ether oxygens (including phenoxy) is 1. The van der Waals surface area contributed by atoms with Crippen LogP contribution in [0.15, 0.2) is 97.1 Å². The summed E-state index contributed by atoms with van der Waals surface area (Å²) in [7, 11) is 0. The molecule has 0 saturated carbocycles. The van der Waals surface area contributed by atoms with Crippen LogP contribution < -0.4 is 15.4 Å². The van der Waals surface area contributed by atoms with Gasteiger partial charge < -0.3 is 15.4 Å². The topological polar surface area (TPSA) is 50.4 Å². The molecular formula is C28H24Cl2N2O2. The Morgan fingerprint density at radius 3 is 2.29 bits per heavy atom. The molecule has 0 aliphatic rings. The molecule has 0 aliphatic carbocycles. The van der Waals surface area contributed by atoms with Crippen molar-refractivity contribution in [2.45, 2.75) is 12.8 Å². The number of para-hydroxylation sites is 2. The quantitative estimate of drug-likeness (QED) is 0.254. The second kappa shape index (κ2) is 11.6.